The van der Waals surface area contributed by atoms with E-state index in [2.05, 4.69) is 10.6 Å². The molecule has 0 aliphatic heterocycles. The normalized spacial score (nSPS) is 10.4. The van der Waals surface area contributed by atoms with Crippen molar-refractivity contribution in [3.63, 3.8) is 0 Å². The first-order valence-electron chi connectivity index (χ1n) is 6.27. The maximum atomic E-state index is 13.4. The molecule has 0 aliphatic carbocycles. The molecule has 4 heteroatoms. The maximum Gasteiger partial charge on any atom is 0.233 e. The molecule has 0 unspecified atom stereocenters. The van der Waals surface area contributed by atoms with Gasteiger partial charge in [0.2, 0.25) is 5.91 Å². The second kappa shape index (κ2) is 7.11. The molecule has 100 valence electrons. The van der Waals surface area contributed by atoms with Crippen LogP contribution in [0.5, 0.6) is 0 Å². The standard InChI is InChI=1S/C14H21FN2O/c1-4-5-17-13(18)9-16-8-12-6-10(2)14(15)11(3)7-12/h6-7,16H,4-5,8-9H2,1-3H3,(H,17,18). The quantitative estimate of drug-likeness (QED) is 0.813. The van der Waals surface area contributed by atoms with Gasteiger partial charge >= 0.3 is 0 Å². The molecule has 0 spiro atoms. The highest BCUT2D eigenvalue weighted by Gasteiger charge is 2.05. The second-order valence-electron chi connectivity index (χ2n) is 4.50. The third-order valence-corrected chi connectivity index (χ3v) is 2.68. The predicted octanol–water partition coefficient (Wildman–Crippen LogP) is 2.06. The van der Waals surface area contributed by atoms with E-state index in [1.807, 2.05) is 6.92 Å². The van der Waals surface area contributed by atoms with Gasteiger partial charge in [-0.2, -0.15) is 0 Å². The number of rotatable bonds is 6. The lowest BCUT2D eigenvalue weighted by atomic mass is 10.1. The molecule has 2 N–H and O–H groups in total. The summed E-state index contributed by atoms with van der Waals surface area (Å²) in [6.45, 7) is 7.07. The summed E-state index contributed by atoms with van der Waals surface area (Å²) < 4.78 is 13.4. The Hall–Kier alpha value is -1.42. The molecule has 0 radical (unpaired) electrons. The Bertz CT molecular complexity index is 395. The minimum atomic E-state index is -0.153. The zero-order valence-corrected chi connectivity index (χ0v) is 11.3. The number of aryl methyl sites for hydroxylation is 2. The van der Waals surface area contributed by atoms with Gasteiger partial charge in [0.1, 0.15) is 5.82 Å². The van der Waals surface area contributed by atoms with E-state index in [0.29, 0.717) is 24.2 Å². The van der Waals surface area contributed by atoms with Gasteiger partial charge in [-0.15, -0.1) is 0 Å². The SMILES string of the molecule is CCCNC(=O)CNCc1cc(C)c(F)c(C)c1. The fraction of sp³-hybridized carbons (Fsp3) is 0.500. The van der Waals surface area contributed by atoms with Crippen molar-refractivity contribution >= 4 is 5.91 Å². The van der Waals surface area contributed by atoms with Crippen molar-refractivity contribution in [2.45, 2.75) is 33.7 Å². The summed E-state index contributed by atoms with van der Waals surface area (Å²) in [5, 5.41) is 5.84. The fourth-order valence-corrected chi connectivity index (χ4v) is 1.78. The molecule has 0 bridgehead atoms. The zero-order chi connectivity index (χ0) is 13.5. The van der Waals surface area contributed by atoms with Crippen molar-refractivity contribution in [2.24, 2.45) is 0 Å². The van der Waals surface area contributed by atoms with Crippen LogP contribution in [0.3, 0.4) is 0 Å². The molecule has 1 aromatic carbocycles. The van der Waals surface area contributed by atoms with Crippen LogP contribution < -0.4 is 10.6 Å². The van der Waals surface area contributed by atoms with E-state index in [1.165, 1.54) is 0 Å². The highest BCUT2D eigenvalue weighted by atomic mass is 19.1. The van der Waals surface area contributed by atoms with Gasteiger partial charge in [-0.3, -0.25) is 4.79 Å². The van der Waals surface area contributed by atoms with Crippen molar-refractivity contribution in [1.82, 2.24) is 10.6 Å². The average Bonchev–Trinajstić information content (AvgIpc) is 2.33. The number of halogens is 1. The predicted molar refractivity (Wildman–Crippen MR) is 70.9 cm³/mol. The minimum absolute atomic E-state index is 0.00703. The first-order valence-corrected chi connectivity index (χ1v) is 6.27. The van der Waals surface area contributed by atoms with Crippen LogP contribution in [-0.4, -0.2) is 19.0 Å². The molecular formula is C14H21FN2O. The molecule has 0 aliphatic rings. The fourth-order valence-electron chi connectivity index (χ4n) is 1.78. The van der Waals surface area contributed by atoms with Crippen molar-refractivity contribution in [1.29, 1.82) is 0 Å². The Labute approximate surface area is 108 Å². The van der Waals surface area contributed by atoms with Gasteiger partial charge in [-0.05, 0) is 37.0 Å². The van der Waals surface area contributed by atoms with Gasteiger partial charge in [0, 0.05) is 13.1 Å². The number of hydrogen-bond acceptors (Lipinski definition) is 2. The number of hydrogen-bond donors (Lipinski definition) is 2. The lowest BCUT2D eigenvalue weighted by Gasteiger charge is -2.08. The van der Waals surface area contributed by atoms with E-state index in [4.69, 9.17) is 0 Å². The Kier molecular flexibility index (Phi) is 5.78. The molecule has 1 amide bonds. The highest BCUT2D eigenvalue weighted by Crippen LogP contribution is 2.14. The maximum absolute atomic E-state index is 13.4. The molecule has 0 aromatic heterocycles. The third kappa shape index (κ3) is 4.45. The molecule has 0 saturated heterocycles. The summed E-state index contributed by atoms with van der Waals surface area (Å²) in [6, 6.07) is 3.61. The number of carbonyl (C=O) groups is 1. The molecule has 3 nitrogen and oxygen atoms in total. The van der Waals surface area contributed by atoms with Crippen LogP contribution >= 0.6 is 0 Å². The van der Waals surface area contributed by atoms with Gasteiger partial charge in [0.15, 0.2) is 0 Å². The highest BCUT2D eigenvalue weighted by molar-refractivity contribution is 5.77. The Morgan fingerprint density at radius 2 is 1.89 bits per heavy atom. The van der Waals surface area contributed by atoms with Crippen LogP contribution in [0, 0.1) is 19.7 Å². The Morgan fingerprint density at radius 1 is 1.28 bits per heavy atom. The van der Waals surface area contributed by atoms with Crippen LogP contribution in [0.15, 0.2) is 12.1 Å². The van der Waals surface area contributed by atoms with Crippen LogP contribution in [0.1, 0.15) is 30.0 Å². The van der Waals surface area contributed by atoms with Gasteiger partial charge in [-0.1, -0.05) is 19.1 Å². The zero-order valence-electron chi connectivity index (χ0n) is 11.3. The minimum Gasteiger partial charge on any atom is -0.355 e. The summed E-state index contributed by atoms with van der Waals surface area (Å²) in [5.74, 6) is -0.160. The molecule has 0 saturated carbocycles. The molecule has 0 atom stereocenters. The number of benzene rings is 1. The molecular weight excluding hydrogens is 231 g/mol. The summed E-state index contributed by atoms with van der Waals surface area (Å²) in [6.07, 6.45) is 0.933. The van der Waals surface area contributed by atoms with Crippen LogP contribution in [0.2, 0.25) is 0 Å². The van der Waals surface area contributed by atoms with Gasteiger partial charge in [0.25, 0.3) is 0 Å². The van der Waals surface area contributed by atoms with Crippen LogP contribution in [0.25, 0.3) is 0 Å². The van der Waals surface area contributed by atoms with E-state index in [1.54, 1.807) is 26.0 Å². The summed E-state index contributed by atoms with van der Waals surface area (Å²) >= 11 is 0. The van der Waals surface area contributed by atoms with Crippen molar-refractivity contribution in [2.75, 3.05) is 13.1 Å². The molecule has 1 aromatic rings. The molecule has 0 heterocycles. The van der Waals surface area contributed by atoms with E-state index in [9.17, 15) is 9.18 Å². The Balaban J connectivity index is 2.42. The topological polar surface area (TPSA) is 41.1 Å². The van der Waals surface area contributed by atoms with Crippen molar-refractivity contribution in [3.8, 4) is 0 Å². The van der Waals surface area contributed by atoms with E-state index < -0.39 is 0 Å². The first-order chi connectivity index (χ1) is 8.54. The van der Waals surface area contributed by atoms with Gasteiger partial charge < -0.3 is 10.6 Å². The lowest BCUT2D eigenvalue weighted by molar-refractivity contribution is -0.120. The third-order valence-electron chi connectivity index (χ3n) is 2.68. The van der Waals surface area contributed by atoms with Crippen molar-refractivity contribution in [3.05, 3.63) is 34.6 Å². The second-order valence-corrected chi connectivity index (χ2v) is 4.50. The number of nitrogens with one attached hydrogen (secondary N) is 2. The average molecular weight is 252 g/mol. The summed E-state index contributed by atoms with van der Waals surface area (Å²) in [4.78, 5) is 11.3. The van der Waals surface area contributed by atoms with E-state index >= 15 is 0 Å². The van der Waals surface area contributed by atoms with Crippen molar-refractivity contribution < 1.29 is 9.18 Å². The Morgan fingerprint density at radius 3 is 2.44 bits per heavy atom. The van der Waals surface area contributed by atoms with Gasteiger partial charge in [0.05, 0.1) is 6.54 Å². The monoisotopic (exact) mass is 252 g/mol. The number of carbonyl (C=O) groups excluding carboxylic acids is 1. The summed E-state index contributed by atoms with van der Waals surface area (Å²) in [7, 11) is 0. The first kappa shape index (κ1) is 14.6. The van der Waals surface area contributed by atoms with E-state index in [-0.39, 0.29) is 18.3 Å². The smallest absolute Gasteiger partial charge is 0.233 e. The molecule has 0 fully saturated rings. The largest absolute Gasteiger partial charge is 0.355 e. The van der Waals surface area contributed by atoms with Gasteiger partial charge in [-0.25, -0.2) is 4.39 Å². The van der Waals surface area contributed by atoms with Crippen LogP contribution in [0.4, 0.5) is 4.39 Å². The van der Waals surface area contributed by atoms with E-state index in [0.717, 1.165) is 12.0 Å². The molecule has 1 rings (SSSR count). The summed E-state index contributed by atoms with van der Waals surface area (Å²) in [5.41, 5.74) is 2.28. The molecule has 18 heavy (non-hydrogen) atoms. The number of amides is 1. The van der Waals surface area contributed by atoms with Crippen LogP contribution in [-0.2, 0) is 11.3 Å². The lowest BCUT2D eigenvalue weighted by Crippen LogP contribution is -2.33.